The number of aryl methyl sites for hydroxylation is 2. The number of carbonyl (C=O) groups is 1. The van der Waals surface area contributed by atoms with Gasteiger partial charge in [-0.25, -0.2) is 21.6 Å². The summed E-state index contributed by atoms with van der Waals surface area (Å²) in [7, 11) is -6.36. The van der Waals surface area contributed by atoms with Gasteiger partial charge in [-0.3, -0.25) is 4.79 Å². The third-order valence-corrected chi connectivity index (χ3v) is 8.80. The van der Waals surface area contributed by atoms with Crippen LogP contribution in [0.25, 0.3) is 0 Å². The molecule has 0 unspecified atom stereocenters. The predicted octanol–water partition coefficient (Wildman–Crippen LogP) is 3.08. The molecule has 0 aliphatic heterocycles. The Labute approximate surface area is 207 Å². The lowest BCUT2D eigenvalue weighted by Crippen LogP contribution is -2.39. The monoisotopic (exact) mass is 515 g/mol. The van der Waals surface area contributed by atoms with Crippen molar-refractivity contribution in [2.75, 3.05) is 25.5 Å². The molecule has 0 aromatic heterocycles. The van der Waals surface area contributed by atoms with Crippen molar-refractivity contribution in [3.8, 4) is 0 Å². The first-order valence-corrected chi connectivity index (χ1v) is 13.9. The number of nitrogens with zero attached hydrogens (tertiary/aromatic N) is 1. The number of rotatable bonds is 10. The minimum absolute atomic E-state index is 0.00545. The van der Waals surface area contributed by atoms with Crippen molar-refractivity contribution >= 4 is 31.6 Å². The van der Waals surface area contributed by atoms with Crippen molar-refractivity contribution < 1.29 is 21.6 Å². The normalized spacial score (nSPS) is 12.0. The fraction of sp³-hybridized carbons (Fsp3) is 0.240. The Hall–Kier alpha value is -3.05. The molecule has 0 atom stereocenters. The third-order valence-electron chi connectivity index (χ3n) is 5.53. The third kappa shape index (κ3) is 6.76. The first-order chi connectivity index (χ1) is 16.5. The summed E-state index contributed by atoms with van der Waals surface area (Å²) in [6.45, 7) is 3.26. The van der Waals surface area contributed by atoms with Crippen LogP contribution < -0.4 is 10.0 Å². The summed E-state index contributed by atoms with van der Waals surface area (Å²) in [5.41, 5.74) is 2.80. The highest BCUT2D eigenvalue weighted by molar-refractivity contribution is 7.89. The summed E-state index contributed by atoms with van der Waals surface area (Å²) in [5.74, 6) is -0.573. The molecule has 0 radical (unpaired) electrons. The number of anilines is 1. The summed E-state index contributed by atoms with van der Waals surface area (Å²) in [6.07, 6.45) is 0.425. The van der Waals surface area contributed by atoms with Crippen molar-refractivity contribution in [1.29, 1.82) is 0 Å². The second kappa shape index (κ2) is 11.1. The smallest absolute Gasteiger partial charge is 0.243 e. The van der Waals surface area contributed by atoms with Crippen LogP contribution in [0, 0.1) is 13.8 Å². The highest BCUT2D eigenvalue weighted by Crippen LogP contribution is 2.21. The lowest BCUT2D eigenvalue weighted by molar-refractivity contribution is -0.116. The van der Waals surface area contributed by atoms with Gasteiger partial charge in [0.05, 0.1) is 16.3 Å². The van der Waals surface area contributed by atoms with E-state index in [9.17, 15) is 21.6 Å². The largest absolute Gasteiger partial charge is 0.325 e. The van der Waals surface area contributed by atoms with Gasteiger partial charge in [-0.15, -0.1) is 0 Å². The summed E-state index contributed by atoms with van der Waals surface area (Å²) < 4.78 is 54.5. The lowest BCUT2D eigenvalue weighted by Gasteiger charge is -2.22. The van der Waals surface area contributed by atoms with Crippen molar-refractivity contribution in [1.82, 2.24) is 9.03 Å². The minimum Gasteiger partial charge on any atom is -0.325 e. The summed E-state index contributed by atoms with van der Waals surface area (Å²) >= 11 is 0. The number of hydrogen-bond donors (Lipinski definition) is 2. The Morgan fingerprint density at radius 3 is 2.11 bits per heavy atom. The van der Waals surface area contributed by atoms with E-state index in [-0.39, 0.29) is 16.3 Å². The van der Waals surface area contributed by atoms with Gasteiger partial charge >= 0.3 is 0 Å². The van der Waals surface area contributed by atoms with Crippen LogP contribution in [0.1, 0.15) is 16.7 Å². The van der Waals surface area contributed by atoms with E-state index in [1.54, 1.807) is 25.1 Å². The fourth-order valence-electron chi connectivity index (χ4n) is 3.41. The van der Waals surface area contributed by atoms with Crippen LogP contribution >= 0.6 is 0 Å². The zero-order chi connectivity index (χ0) is 25.6. The number of amides is 1. The van der Waals surface area contributed by atoms with Gasteiger partial charge in [0.25, 0.3) is 0 Å². The second-order valence-corrected chi connectivity index (χ2v) is 11.9. The van der Waals surface area contributed by atoms with Crippen LogP contribution in [-0.2, 0) is 31.3 Å². The van der Waals surface area contributed by atoms with Gasteiger partial charge in [0.15, 0.2) is 0 Å². The molecule has 0 spiro atoms. The zero-order valence-corrected chi connectivity index (χ0v) is 21.5. The number of benzene rings is 3. The zero-order valence-electron chi connectivity index (χ0n) is 19.9. The minimum atomic E-state index is -3.95. The molecule has 0 fully saturated rings. The van der Waals surface area contributed by atoms with Crippen molar-refractivity contribution in [2.45, 2.75) is 30.1 Å². The van der Waals surface area contributed by atoms with Crippen LogP contribution in [-0.4, -0.2) is 47.2 Å². The molecule has 10 heteroatoms. The molecule has 2 N–H and O–H groups in total. The molecular formula is C25H29N3O5S2. The Balaban J connectivity index is 1.86. The Morgan fingerprint density at radius 1 is 0.857 bits per heavy atom. The van der Waals surface area contributed by atoms with Gasteiger partial charge in [0, 0.05) is 12.2 Å². The maximum Gasteiger partial charge on any atom is 0.243 e. The highest BCUT2D eigenvalue weighted by Gasteiger charge is 2.27. The van der Waals surface area contributed by atoms with Crippen LogP contribution in [0.15, 0.2) is 82.6 Å². The molecule has 8 nitrogen and oxygen atoms in total. The first kappa shape index (κ1) is 26.6. The lowest BCUT2D eigenvalue weighted by atomic mass is 10.1. The van der Waals surface area contributed by atoms with Crippen LogP contribution in [0.4, 0.5) is 5.69 Å². The standard InChI is InChI=1S/C25H29N3O5S2/c1-19-9-12-22(13-10-19)35(32,33)28(16-15-21-7-5-4-6-8-21)18-25(29)27-24-17-23(14-11-20(24)2)34(30,31)26-3/h4-14,17,26H,15-16,18H2,1-3H3,(H,27,29). The molecule has 3 rings (SSSR count). The van der Waals surface area contributed by atoms with Gasteiger partial charge in [0.1, 0.15) is 0 Å². The average Bonchev–Trinajstić information content (AvgIpc) is 2.83. The average molecular weight is 516 g/mol. The fourth-order valence-corrected chi connectivity index (χ4v) is 5.57. The van der Waals surface area contributed by atoms with E-state index in [4.69, 9.17) is 0 Å². The van der Waals surface area contributed by atoms with E-state index < -0.39 is 32.5 Å². The van der Waals surface area contributed by atoms with Gasteiger partial charge in [0.2, 0.25) is 26.0 Å². The quantitative estimate of drug-likeness (QED) is 0.431. The molecule has 0 saturated carbocycles. The van der Waals surface area contributed by atoms with Gasteiger partial charge in [-0.05, 0) is 62.7 Å². The number of sulfonamides is 2. The highest BCUT2D eigenvalue weighted by atomic mass is 32.2. The van der Waals surface area contributed by atoms with Crippen molar-refractivity contribution in [2.24, 2.45) is 0 Å². The molecule has 0 saturated heterocycles. The number of nitrogens with one attached hydrogen (secondary N) is 2. The second-order valence-electron chi connectivity index (χ2n) is 8.12. The number of hydrogen-bond acceptors (Lipinski definition) is 5. The van der Waals surface area contributed by atoms with E-state index in [0.717, 1.165) is 15.4 Å². The van der Waals surface area contributed by atoms with Gasteiger partial charge < -0.3 is 5.32 Å². The van der Waals surface area contributed by atoms with E-state index >= 15 is 0 Å². The van der Waals surface area contributed by atoms with Crippen LogP contribution in [0.2, 0.25) is 0 Å². The van der Waals surface area contributed by atoms with Crippen LogP contribution in [0.3, 0.4) is 0 Å². The molecule has 35 heavy (non-hydrogen) atoms. The molecule has 0 bridgehead atoms. The summed E-state index contributed by atoms with van der Waals surface area (Å²) in [6, 6.07) is 20.2. The van der Waals surface area contributed by atoms with Crippen LogP contribution in [0.5, 0.6) is 0 Å². The molecule has 0 heterocycles. The molecule has 186 valence electrons. The molecular weight excluding hydrogens is 486 g/mol. The molecule has 0 aliphatic carbocycles. The van der Waals surface area contributed by atoms with E-state index in [0.29, 0.717) is 17.7 Å². The molecule has 0 aliphatic rings. The topological polar surface area (TPSA) is 113 Å². The van der Waals surface area contributed by atoms with Crippen molar-refractivity contribution in [3.05, 3.63) is 89.5 Å². The van der Waals surface area contributed by atoms with Gasteiger partial charge in [-0.2, -0.15) is 4.31 Å². The molecule has 3 aromatic rings. The van der Waals surface area contributed by atoms with Crippen molar-refractivity contribution in [3.63, 3.8) is 0 Å². The first-order valence-electron chi connectivity index (χ1n) is 11.0. The molecule has 1 amide bonds. The van der Waals surface area contributed by atoms with Gasteiger partial charge in [-0.1, -0.05) is 54.1 Å². The maximum absolute atomic E-state index is 13.4. The summed E-state index contributed by atoms with van der Waals surface area (Å²) in [5, 5.41) is 2.67. The molecule has 3 aromatic carbocycles. The summed E-state index contributed by atoms with van der Waals surface area (Å²) in [4.78, 5) is 13.1. The van der Waals surface area contributed by atoms with E-state index in [2.05, 4.69) is 10.0 Å². The Bertz CT molecular complexity index is 1390. The maximum atomic E-state index is 13.4. The Morgan fingerprint density at radius 2 is 1.49 bits per heavy atom. The Kier molecular flexibility index (Phi) is 8.44. The number of carbonyl (C=O) groups excluding carboxylic acids is 1. The predicted molar refractivity (Wildman–Crippen MR) is 136 cm³/mol. The van der Waals surface area contributed by atoms with E-state index in [1.165, 1.54) is 31.3 Å². The SMILES string of the molecule is CNS(=O)(=O)c1ccc(C)c(NC(=O)CN(CCc2ccccc2)S(=O)(=O)c2ccc(C)cc2)c1. The van der Waals surface area contributed by atoms with E-state index in [1.807, 2.05) is 37.3 Å².